The summed E-state index contributed by atoms with van der Waals surface area (Å²) in [6.45, 7) is 0.946. The van der Waals surface area contributed by atoms with Crippen LogP contribution in [0.3, 0.4) is 0 Å². The summed E-state index contributed by atoms with van der Waals surface area (Å²) in [6.07, 6.45) is 1.17. The summed E-state index contributed by atoms with van der Waals surface area (Å²) in [5, 5.41) is 18.8. The molecular formula is C9H14NO6P. The van der Waals surface area contributed by atoms with Crippen LogP contribution < -0.4 is 0 Å². The van der Waals surface area contributed by atoms with Gasteiger partial charge in [0.2, 0.25) is 0 Å². The first-order chi connectivity index (χ1) is 7.82. The van der Waals surface area contributed by atoms with E-state index in [2.05, 4.69) is 4.98 Å². The number of aromatic nitrogens is 1. The molecule has 0 fully saturated rings. The number of nitrogens with zero attached hydrogens (tertiary/aromatic N) is 1. The van der Waals surface area contributed by atoms with Gasteiger partial charge in [-0.2, -0.15) is 0 Å². The van der Waals surface area contributed by atoms with Crippen molar-refractivity contribution in [1.82, 2.24) is 4.98 Å². The molecule has 17 heavy (non-hydrogen) atoms. The van der Waals surface area contributed by atoms with E-state index in [4.69, 9.17) is 19.6 Å². The topological polar surface area (TPSA) is 120 Å². The van der Waals surface area contributed by atoms with Crippen molar-refractivity contribution in [3.8, 4) is 5.75 Å². The second kappa shape index (κ2) is 5.12. The zero-order valence-corrected chi connectivity index (χ0v) is 10.3. The second-order valence-electron chi connectivity index (χ2n) is 3.46. The zero-order valence-electron chi connectivity index (χ0n) is 9.36. The van der Waals surface area contributed by atoms with Crippen LogP contribution >= 0.6 is 7.60 Å². The number of methoxy groups -OCH3 is 1. The Morgan fingerprint density at radius 1 is 1.53 bits per heavy atom. The van der Waals surface area contributed by atoms with Crippen molar-refractivity contribution in [2.24, 2.45) is 0 Å². The summed E-state index contributed by atoms with van der Waals surface area (Å²) in [4.78, 5) is 22.0. The van der Waals surface area contributed by atoms with Gasteiger partial charge < -0.3 is 24.7 Å². The molecule has 1 heterocycles. The molecule has 1 aromatic heterocycles. The van der Waals surface area contributed by atoms with E-state index in [0.717, 1.165) is 7.11 Å². The molecule has 0 amide bonds. The molecule has 1 rings (SSSR count). The summed E-state index contributed by atoms with van der Waals surface area (Å²) in [6, 6.07) is 0. The maximum Gasteiger partial charge on any atom is 0.358 e. The Labute approximate surface area is 97.9 Å². The Balaban J connectivity index is 3.40. The summed E-state index contributed by atoms with van der Waals surface area (Å²) in [5.74, 6) is -1.84. The van der Waals surface area contributed by atoms with Gasteiger partial charge in [0.25, 0.3) is 0 Å². The Bertz CT molecular complexity index is 457. The highest BCUT2D eigenvalue weighted by atomic mass is 31.2. The molecule has 8 heteroatoms. The molecule has 1 aromatic rings. The van der Waals surface area contributed by atoms with Gasteiger partial charge in [0.1, 0.15) is 5.75 Å². The van der Waals surface area contributed by atoms with E-state index in [9.17, 15) is 9.67 Å². The lowest BCUT2D eigenvalue weighted by Gasteiger charge is -2.20. The third kappa shape index (κ3) is 2.83. The summed E-state index contributed by atoms with van der Waals surface area (Å²) >= 11 is 0. The third-order valence-electron chi connectivity index (χ3n) is 2.33. The number of aryl methyl sites for hydroxylation is 1. The quantitative estimate of drug-likeness (QED) is 0.580. The first-order valence-corrected chi connectivity index (χ1v) is 6.37. The molecule has 0 saturated carbocycles. The van der Waals surface area contributed by atoms with E-state index >= 15 is 0 Å². The van der Waals surface area contributed by atoms with E-state index in [1.54, 1.807) is 0 Å². The summed E-state index contributed by atoms with van der Waals surface area (Å²) in [5.41, 5.74) is 0.248. The predicted octanol–water partition coefficient (Wildman–Crippen LogP) is 0.411. The summed E-state index contributed by atoms with van der Waals surface area (Å²) < 4.78 is 15.9. The van der Waals surface area contributed by atoms with Gasteiger partial charge in [0, 0.05) is 24.4 Å². The molecule has 7 nitrogen and oxygen atoms in total. The normalized spacial score (nSPS) is 13.7. The van der Waals surface area contributed by atoms with Crippen LogP contribution in [-0.2, 0) is 15.9 Å². The molecule has 96 valence electrons. The van der Waals surface area contributed by atoms with Gasteiger partial charge in [0.05, 0.1) is 12.3 Å². The van der Waals surface area contributed by atoms with Crippen molar-refractivity contribution in [1.29, 1.82) is 0 Å². The van der Waals surface area contributed by atoms with Crippen molar-refractivity contribution in [2.75, 3.05) is 7.11 Å². The lowest BCUT2D eigenvalue weighted by atomic mass is 10.1. The van der Waals surface area contributed by atoms with Crippen LogP contribution in [0.4, 0.5) is 0 Å². The van der Waals surface area contributed by atoms with Gasteiger partial charge in [-0.15, -0.1) is 0 Å². The van der Waals surface area contributed by atoms with E-state index in [-0.39, 0.29) is 22.6 Å². The van der Waals surface area contributed by atoms with E-state index in [1.807, 2.05) is 0 Å². The number of ether oxygens (including phenoxy) is 1. The Morgan fingerprint density at radius 2 is 2.12 bits per heavy atom. The smallest absolute Gasteiger partial charge is 0.358 e. The fourth-order valence-corrected chi connectivity index (χ4v) is 2.34. The minimum atomic E-state index is -4.56. The first kappa shape index (κ1) is 14.1. The molecule has 0 bridgehead atoms. The molecule has 1 unspecified atom stereocenters. The largest absolute Gasteiger partial charge is 0.506 e. The van der Waals surface area contributed by atoms with E-state index in [1.165, 1.54) is 13.1 Å². The fraction of sp³-hybridized carbons (Fsp3) is 0.444. The molecule has 0 saturated heterocycles. The van der Waals surface area contributed by atoms with Crippen molar-refractivity contribution in [2.45, 2.75) is 19.4 Å². The van der Waals surface area contributed by atoms with Gasteiger partial charge in [-0.25, -0.2) is 0 Å². The highest BCUT2D eigenvalue weighted by Crippen LogP contribution is 2.53. The average Bonchev–Trinajstić information content (AvgIpc) is 2.22. The van der Waals surface area contributed by atoms with Crippen molar-refractivity contribution in [3.63, 3.8) is 0 Å². The number of aliphatic hydroxyl groups is 1. The number of hydrogen-bond acceptors (Lipinski definition) is 5. The molecule has 0 spiro atoms. The van der Waals surface area contributed by atoms with Crippen LogP contribution in [-0.4, -0.2) is 32.1 Å². The third-order valence-corrected chi connectivity index (χ3v) is 3.43. The fourth-order valence-electron chi connectivity index (χ4n) is 1.48. The van der Waals surface area contributed by atoms with Crippen molar-refractivity contribution >= 4 is 7.60 Å². The minimum absolute atomic E-state index is 0.00711. The second-order valence-corrected chi connectivity index (χ2v) is 5.11. The first-order valence-electron chi connectivity index (χ1n) is 4.69. The van der Waals surface area contributed by atoms with Crippen LogP contribution in [0.5, 0.6) is 5.75 Å². The molecule has 0 aromatic carbocycles. The maximum atomic E-state index is 11.2. The molecular weight excluding hydrogens is 249 g/mol. The zero-order chi connectivity index (χ0) is 13.2. The average molecular weight is 263 g/mol. The van der Waals surface area contributed by atoms with Crippen LogP contribution in [0, 0.1) is 6.92 Å². The highest BCUT2D eigenvalue weighted by Gasteiger charge is 2.33. The molecule has 0 aliphatic heterocycles. The monoisotopic (exact) mass is 263 g/mol. The van der Waals surface area contributed by atoms with Crippen LogP contribution in [0.15, 0.2) is 6.20 Å². The molecule has 1 atom stereocenters. The van der Waals surface area contributed by atoms with E-state index < -0.39 is 20.0 Å². The van der Waals surface area contributed by atoms with Gasteiger partial charge in [-0.1, -0.05) is 0 Å². The molecule has 0 aliphatic rings. The van der Waals surface area contributed by atoms with Gasteiger partial charge in [-0.3, -0.25) is 9.55 Å². The van der Waals surface area contributed by atoms with Crippen molar-refractivity contribution in [3.05, 3.63) is 23.0 Å². The summed E-state index contributed by atoms with van der Waals surface area (Å²) in [7, 11) is -3.43. The van der Waals surface area contributed by atoms with Gasteiger partial charge >= 0.3 is 7.60 Å². The molecule has 4 N–H and O–H groups in total. The Hall–Kier alpha value is -0.980. The maximum absolute atomic E-state index is 11.2. The highest BCUT2D eigenvalue weighted by molar-refractivity contribution is 7.52. The Kier molecular flexibility index (Phi) is 4.24. The lowest BCUT2D eigenvalue weighted by Crippen LogP contribution is -2.08. The van der Waals surface area contributed by atoms with Crippen LogP contribution in [0.1, 0.15) is 22.7 Å². The predicted molar refractivity (Wildman–Crippen MR) is 58.4 cm³/mol. The van der Waals surface area contributed by atoms with Crippen molar-refractivity contribution < 1.29 is 29.3 Å². The minimum Gasteiger partial charge on any atom is -0.506 e. The SMILES string of the molecule is COC(c1cnc(C)c(O)c1CO)P(=O)(O)O. The standard InChI is InChI=1S/C9H14NO6P/c1-5-8(12)7(4-11)6(3-10-5)9(16-2)17(13,14)15/h3,9,11-12H,4H2,1-2H3,(H2,13,14,15). The number of aromatic hydroxyl groups is 1. The number of rotatable bonds is 4. The number of aliphatic hydroxyl groups excluding tert-OH is 1. The number of hydrogen-bond donors (Lipinski definition) is 4. The van der Waals surface area contributed by atoms with Gasteiger partial charge in [-0.05, 0) is 6.92 Å². The van der Waals surface area contributed by atoms with E-state index in [0.29, 0.717) is 0 Å². The lowest BCUT2D eigenvalue weighted by molar-refractivity contribution is 0.134. The molecule has 0 aliphatic carbocycles. The molecule has 0 radical (unpaired) electrons. The number of pyridine rings is 1. The van der Waals surface area contributed by atoms with Gasteiger partial charge in [0.15, 0.2) is 5.85 Å². The van der Waals surface area contributed by atoms with Crippen LogP contribution in [0.25, 0.3) is 0 Å². The van der Waals surface area contributed by atoms with Crippen LogP contribution in [0.2, 0.25) is 0 Å². The Morgan fingerprint density at radius 3 is 2.53 bits per heavy atom.